The van der Waals surface area contributed by atoms with E-state index in [-0.39, 0.29) is 0 Å². The van der Waals surface area contributed by atoms with Crippen LogP contribution in [0.1, 0.15) is 37.3 Å². The van der Waals surface area contributed by atoms with E-state index < -0.39 is 0 Å². The smallest absolute Gasteiger partial charge is 0.224 e. The topological polar surface area (TPSA) is 49.8 Å². The van der Waals surface area contributed by atoms with Crippen LogP contribution in [0, 0.1) is 0 Å². The van der Waals surface area contributed by atoms with Crippen LogP contribution in [0.15, 0.2) is 24.3 Å². The molecule has 1 aliphatic carbocycles. The monoisotopic (exact) mass is 371 g/mol. The summed E-state index contributed by atoms with van der Waals surface area (Å²) >= 11 is 0. The van der Waals surface area contributed by atoms with Crippen LogP contribution in [-0.4, -0.2) is 39.0 Å². The molecule has 0 aliphatic heterocycles. The number of pyridine rings is 1. The Hall–Kier alpha value is -2.27. The predicted octanol–water partition coefficient (Wildman–Crippen LogP) is 4.45. The summed E-state index contributed by atoms with van der Waals surface area (Å²) in [5.74, 6) is 2.16. The first-order valence-corrected chi connectivity index (χ1v) is 9.73. The van der Waals surface area contributed by atoms with Gasteiger partial charge in [0.1, 0.15) is 12.4 Å². The number of fused-ring (bicyclic) bond motifs is 1. The van der Waals surface area contributed by atoms with E-state index in [1.54, 1.807) is 14.2 Å². The Bertz CT molecular complexity index is 760. The molecule has 27 heavy (non-hydrogen) atoms. The van der Waals surface area contributed by atoms with Crippen molar-refractivity contribution in [1.82, 2.24) is 4.98 Å². The molecule has 1 heterocycles. The van der Waals surface area contributed by atoms with Gasteiger partial charge in [0.05, 0.1) is 25.9 Å². The minimum atomic E-state index is 0.504. The highest BCUT2D eigenvalue weighted by Crippen LogP contribution is 2.44. The molecule has 0 amide bonds. The average molecular weight is 371 g/mol. The fourth-order valence-corrected chi connectivity index (χ4v) is 3.49. The Labute approximate surface area is 161 Å². The van der Waals surface area contributed by atoms with Crippen molar-refractivity contribution >= 4 is 0 Å². The number of aromatic nitrogens is 1. The van der Waals surface area contributed by atoms with Gasteiger partial charge >= 0.3 is 0 Å². The van der Waals surface area contributed by atoms with Crippen molar-refractivity contribution < 1.29 is 18.9 Å². The molecule has 0 fully saturated rings. The predicted molar refractivity (Wildman–Crippen MR) is 106 cm³/mol. The molecule has 0 saturated heterocycles. The van der Waals surface area contributed by atoms with Crippen LogP contribution in [0.4, 0.5) is 0 Å². The van der Waals surface area contributed by atoms with E-state index >= 15 is 0 Å². The number of nitrogens with zero attached hydrogens (tertiary/aromatic N) is 1. The molecule has 5 nitrogen and oxygen atoms in total. The zero-order valence-electron chi connectivity index (χ0n) is 16.5. The van der Waals surface area contributed by atoms with Gasteiger partial charge in [0.25, 0.3) is 0 Å². The lowest BCUT2D eigenvalue weighted by atomic mass is 9.97. The largest absolute Gasteiger partial charge is 0.491 e. The molecular weight excluding hydrogens is 342 g/mol. The summed E-state index contributed by atoms with van der Waals surface area (Å²) < 4.78 is 22.7. The second kappa shape index (κ2) is 9.60. The molecule has 146 valence electrons. The summed E-state index contributed by atoms with van der Waals surface area (Å²) in [6, 6.07) is 8.05. The molecule has 1 aliphatic rings. The van der Waals surface area contributed by atoms with Gasteiger partial charge < -0.3 is 18.9 Å². The van der Waals surface area contributed by atoms with Crippen molar-refractivity contribution in [3.05, 3.63) is 35.4 Å². The first-order valence-electron chi connectivity index (χ1n) is 9.73. The van der Waals surface area contributed by atoms with Gasteiger partial charge in [-0.3, -0.25) is 0 Å². The number of ether oxygens (including phenoxy) is 4. The number of hydrogen-bond acceptors (Lipinski definition) is 5. The maximum absolute atomic E-state index is 5.99. The number of benzene rings is 1. The molecule has 5 heteroatoms. The first-order chi connectivity index (χ1) is 13.3. The Morgan fingerprint density at radius 2 is 1.74 bits per heavy atom. The van der Waals surface area contributed by atoms with E-state index in [1.807, 2.05) is 18.2 Å². The maximum atomic E-state index is 5.99. The van der Waals surface area contributed by atoms with Crippen molar-refractivity contribution in [1.29, 1.82) is 0 Å². The maximum Gasteiger partial charge on any atom is 0.224 e. The highest BCUT2D eigenvalue weighted by Gasteiger charge is 2.27. The molecule has 0 spiro atoms. The van der Waals surface area contributed by atoms with Crippen LogP contribution < -0.4 is 14.2 Å². The molecule has 2 aromatic rings. The van der Waals surface area contributed by atoms with Crippen LogP contribution in [0.5, 0.6) is 17.5 Å². The third kappa shape index (κ3) is 4.35. The average Bonchev–Trinajstić information content (AvgIpc) is 3.18. The Morgan fingerprint density at radius 1 is 0.926 bits per heavy atom. The molecule has 0 atom stereocenters. The third-order valence-electron chi connectivity index (χ3n) is 4.83. The van der Waals surface area contributed by atoms with Crippen LogP contribution in [-0.2, 0) is 17.6 Å². The molecule has 1 aromatic heterocycles. The Balaban J connectivity index is 2.02. The van der Waals surface area contributed by atoms with Gasteiger partial charge in [-0.2, -0.15) is 4.98 Å². The standard InChI is InChI=1S/C22H29NO4/c1-4-5-13-27-21-17-11-8-10-16(17)20(22(23-21)25-3)18-9-6-7-12-19(18)26-15-14-24-2/h6-7,9,12H,4-5,8,10-11,13-15H2,1-3H3. The van der Waals surface area contributed by atoms with Gasteiger partial charge in [-0.05, 0) is 37.3 Å². The third-order valence-corrected chi connectivity index (χ3v) is 4.83. The minimum absolute atomic E-state index is 0.504. The fraction of sp³-hybridized carbons (Fsp3) is 0.500. The summed E-state index contributed by atoms with van der Waals surface area (Å²) in [6.07, 6.45) is 5.22. The molecule has 0 saturated carbocycles. The summed E-state index contributed by atoms with van der Waals surface area (Å²) in [6.45, 7) is 3.90. The highest BCUT2D eigenvalue weighted by molar-refractivity contribution is 5.79. The van der Waals surface area contributed by atoms with Crippen LogP contribution in [0.25, 0.3) is 11.1 Å². The zero-order valence-corrected chi connectivity index (χ0v) is 16.5. The van der Waals surface area contributed by atoms with Gasteiger partial charge in [0.2, 0.25) is 11.8 Å². The summed E-state index contributed by atoms with van der Waals surface area (Å²) in [4.78, 5) is 4.72. The number of methoxy groups -OCH3 is 2. The Kier molecular flexibility index (Phi) is 6.93. The lowest BCUT2D eigenvalue weighted by molar-refractivity contribution is 0.146. The van der Waals surface area contributed by atoms with Crippen LogP contribution in [0.2, 0.25) is 0 Å². The molecule has 0 unspecified atom stereocenters. The van der Waals surface area contributed by atoms with E-state index in [0.29, 0.717) is 25.7 Å². The second-order valence-electron chi connectivity index (χ2n) is 6.65. The lowest BCUT2D eigenvalue weighted by Crippen LogP contribution is -2.07. The molecule has 3 rings (SSSR count). The summed E-state index contributed by atoms with van der Waals surface area (Å²) in [5.41, 5.74) is 4.53. The summed E-state index contributed by atoms with van der Waals surface area (Å²) in [7, 11) is 3.34. The van der Waals surface area contributed by atoms with E-state index in [4.69, 9.17) is 23.9 Å². The van der Waals surface area contributed by atoms with E-state index in [0.717, 1.165) is 54.9 Å². The van der Waals surface area contributed by atoms with Crippen molar-refractivity contribution in [2.75, 3.05) is 34.0 Å². The zero-order chi connectivity index (χ0) is 19.1. The van der Waals surface area contributed by atoms with Gasteiger partial charge in [-0.15, -0.1) is 0 Å². The van der Waals surface area contributed by atoms with Crippen LogP contribution in [0.3, 0.4) is 0 Å². The van der Waals surface area contributed by atoms with E-state index in [1.165, 1.54) is 11.1 Å². The van der Waals surface area contributed by atoms with Crippen molar-refractivity contribution in [3.8, 4) is 28.6 Å². The van der Waals surface area contributed by atoms with E-state index in [2.05, 4.69) is 13.0 Å². The highest BCUT2D eigenvalue weighted by atomic mass is 16.5. The van der Waals surface area contributed by atoms with Crippen molar-refractivity contribution in [2.45, 2.75) is 39.0 Å². The molecule has 0 bridgehead atoms. The fourth-order valence-electron chi connectivity index (χ4n) is 3.49. The SMILES string of the molecule is CCCCOc1nc(OC)c(-c2ccccc2OCCOC)c2c1CCC2. The van der Waals surface area contributed by atoms with E-state index in [9.17, 15) is 0 Å². The minimum Gasteiger partial charge on any atom is -0.491 e. The number of para-hydroxylation sites is 1. The lowest BCUT2D eigenvalue weighted by Gasteiger charge is -2.19. The van der Waals surface area contributed by atoms with Crippen molar-refractivity contribution in [3.63, 3.8) is 0 Å². The Morgan fingerprint density at radius 3 is 2.52 bits per heavy atom. The number of unbranched alkanes of at least 4 members (excludes halogenated alkanes) is 1. The summed E-state index contributed by atoms with van der Waals surface area (Å²) in [5, 5.41) is 0. The molecular formula is C22H29NO4. The second-order valence-corrected chi connectivity index (χ2v) is 6.65. The van der Waals surface area contributed by atoms with Gasteiger partial charge in [-0.1, -0.05) is 31.5 Å². The normalized spacial score (nSPS) is 12.7. The van der Waals surface area contributed by atoms with Crippen LogP contribution >= 0.6 is 0 Å². The van der Waals surface area contributed by atoms with Gasteiger partial charge in [-0.25, -0.2) is 0 Å². The molecule has 1 aromatic carbocycles. The number of hydrogen-bond donors (Lipinski definition) is 0. The molecule has 0 radical (unpaired) electrons. The van der Waals surface area contributed by atoms with Crippen molar-refractivity contribution in [2.24, 2.45) is 0 Å². The molecule has 0 N–H and O–H groups in total. The quantitative estimate of drug-likeness (QED) is 0.578. The first kappa shape index (κ1) is 19.5. The van der Waals surface area contributed by atoms with Gasteiger partial charge in [0, 0.05) is 18.2 Å². The van der Waals surface area contributed by atoms with Gasteiger partial charge in [0.15, 0.2) is 0 Å². The number of rotatable bonds is 10.